The Hall–Kier alpha value is -3.64. The van der Waals surface area contributed by atoms with Gasteiger partial charge in [0.1, 0.15) is 11.6 Å². The average molecular weight is 441 g/mol. The number of benzene rings is 3. The third-order valence-electron chi connectivity index (χ3n) is 6.26. The van der Waals surface area contributed by atoms with Crippen LogP contribution in [0.3, 0.4) is 0 Å². The van der Waals surface area contributed by atoms with Crippen LogP contribution in [0.25, 0.3) is 11.0 Å². The number of methoxy groups -OCH3 is 1. The first-order chi connectivity index (χ1) is 16.2. The van der Waals surface area contributed by atoms with Gasteiger partial charge in [-0.15, -0.1) is 0 Å². The van der Waals surface area contributed by atoms with Crippen molar-refractivity contribution < 1.29 is 9.53 Å². The number of aromatic nitrogens is 2. The van der Waals surface area contributed by atoms with E-state index in [2.05, 4.69) is 51.9 Å². The lowest BCUT2D eigenvalue weighted by molar-refractivity contribution is 0.0624. The molecule has 1 aromatic heterocycles. The Labute approximate surface area is 194 Å². The molecule has 1 saturated heterocycles. The minimum absolute atomic E-state index is 0.0601. The number of carbonyl (C=O) groups is 1. The van der Waals surface area contributed by atoms with Crippen LogP contribution in [0.5, 0.6) is 5.75 Å². The van der Waals surface area contributed by atoms with Crippen LogP contribution in [0.2, 0.25) is 0 Å². The minimum Gasteiger partial charge on any atom is -0.497 e. The van der Waals surface area contributed by atoms with Crippen LogP contribution >= 0.6 is 0 Å². The lowest BCUT2D eigenvalue weighted by atomic mass is 10.1. The quantitative estimate of drug-likeness (QED) is 0.454. The lowest BCUT2D eigenvalue weighted by Gasteiger charge is -2.34. The summed E-state index contributed by atoms with van der Waals surface area (Å²) < 4.78 is 7.58. The van der Waals surface area contributed by atoms with Gasteiger partial charge in [-0.3, -0.25) is 9.69 Å². The molecule has 0 N–H and O–H groups in total. The van der Waals surface area contributed by atoms with Crippen molar-refractivity contribution >= 4 is 16.9 Å². The Morgan fingerprint density at radius 1 is 0.879 bits per heavy atom. The molecule has 0 saturated carbocycles. The fraction of sp³-hybridized carbons (Fsp3) is 0.259. The molecule has 0 bridgehead atoms. The van der Waals surface area contributed by atoms with Crippen LogP contribution in [-0.2, 0) is 13.1 Å². The van der Waals surface area contributed by atoms with Crippen LogP contribution in [0.4, 0.5) is 0 Å². The Kier molecular flexibility index (Phi) is 6.09. The molecule has 1 aliphatic heterocycles. The van der Waals surface area contributed by atoms with Gasteiger partial charge in [-0.05, 0) is 35.9 Å². The van der Waals surface area contributed by atoms with Crippen LogP contribution in [0.1, 0.15) is 21.7 Å². The predicted octanol–water partition coefficient (Wildman–Crippen LogP) is 4.05. The van der Waals surface area contributed by atoms with Crippen molar-refractivity contribution in [2.24, 2.45) is 0 Å². The van der Waals surface area contributed by atoms with Crippen molar-refractivity contribution in [2.45, 2.75) is 13.1 Å². The molecule has 0 aliphatic carbocycles. The summed E-state index contributed by atoms with van der Waals surface area (Å²) in [6, 6.07) is 26.2. The zero-order chi connectivity index (χ0) is 22.6. The number of para-hydroxylation sites is 2. The predicted molar refractivity (Wildman–Crippen MR) is 129 cm³/mol. The maximum absolute atomic E-state index is 12.9. The van der Waals surface area contributed by atoms with E-state index in [1.54, 1.807) is 13.2 Å². The van der Waals surface area contributed by atoms with Gasteiger partial charge in [-0.2, -0.15) is 0 Å². The number of imidazole rings is 1. The molecule has 33 heavy (non-hydrogen) atoms. The first-order valence-electron chi connectivity index (χ1n) is 11.3. The third kappa shape index (κ3) is 4.61. The second kappa shape index (κ2) is 9.46. The molecule has 0 unspecified atom stereocenters. The van der Waals surface area contributed by atoms with Gasteiger partial charge in [0.05, 0.1) is 24.7 Å². The molecule has 0 spiro atoms. The zero-order valence-corrected chi connectivity index (χ0v) is 18.9. The van der Waals surface area contributed by atoms with E-state index in [-0.39, 0.29) is 5.91 Å². The van der Waals surface area contributed by atoms with Crippen LogP contribution in [-0.4, -0.2) is 58.5 Å². The van der Waals surface area contributed by atoms with Gasteiger partial charge >= 0.3 is 0 Å². The molecule has 1 fully saturated rings. The molecular formula is C27H28N4O2. The highest BCUT2D eigenvalue weighted by atomic mass is 16.5. The molecule has 0 radical (unpaired) electrons. The summed E-state index contributed by atoms with van der Waals surface area (Å²) >= 11 is 0. The smallest absolute Gasteiger partial charge is 0.254 e. The third-order valence-corrected chi connectivity index (χ3v) is 6.26. The first-order valence-corrected chi connectivity index (χ1v) is 11.3. The average Bonchev–Trinajstić information content (AvgIpc) is 3.21. The zero-order valence-electron chi connectivity index (χ0n) is 18.9. The van der Waals surface area contributed by atoms with E-state index in [1.165, 1.54) is 5.56 Å². The summed E-state index contributed by atoms with van der Waals surface area (Å²) in [5.74, 6) is 1.83. The summed E-state index contributed by atoms with van der Waals surface area (Å²) in [7, 11) is 1.62. The van der Waals surface area contributed by atoms with Crippen molar-refractivity contribution in [3.63, 3.8) is 0 Å². The second-order valence-electron chi connectivity index (χ2n) is 8.39. The molecule has 1 amide bonds. The van der Waals surface area contributed by atoms with Gasteiger partial charge in [-0.1, -0.05) is 48.5 Å². The summed E-state index contributed by atoms with van der Waals surface area (Å²) in [5.41, 5.74) is 4.11. The van der Waals surface area contributed by atoms with Gasteiger partial charge in [0.15, 0.2) is 0 Å². The summed E-state index contributed by atoms with van der Waals surface area (Å²) in [4.78, 5) is 22.2. The number of hydrogen-bond acceptors (Lipinski definition) is 4. The normalized spacial score (nSPS) is 14.5. The second-order valence-corrected chi connectivity index (χ2v) is 8.39. The molecule has 6 nitrogen and oxygen atoms in total. The van der Waals surface area contributed by atoms with E-state index in [0.29, 0.717) is 24.4 Å². The van der Waals surface area contributed by atoms with Crippen LogP contribution in [0, 0.1) is 0 Å². The molecule has 168 valence electrons. The van der Waals surface area contributed by atoms with E-state index in [0.717, 1.165) is 43.0 Å². The Balaban J connectivity index is 1.29. The molecule has 5 rings (SSSR count). The van der Waals surface area contributed by atoms with E-state index in [1.807, 2.05) is 35.2 Å². The summed E-state index contributed by atoms with van der Waals surface area (Å²) in [5, 5.41) is 0. The monoisotopic (exact) mass is 440 g/mol. The minimum atomic E-state index is 0.0601. The number of hydrogen-bond donors (Lipinski definition) is 0. The maximum atomic E-state index is 12.9. The van der Waals surface area contributed by atoms with Gasteiger partial charge in [0.2, 0.25) is 0 Å². The Morgan fingerprint density at radius 2 is 1.64 bits per heavy atom. The number of carbonyl (C=O) groups excluding carboxylic acids is 1. The Bertz CT molecular complexity index is 1240. The number of ether oxygens (including phenoxy) is 1. The highest BCUT2D eigenvalue weighted by Gasteiger charge is 2.24. The topological polar surface area (TPSA) is 50.6 Å². The first kappa shape index (κ1) is 21.2. The SMILES string of the molecule is COc1cccc(C(=O)N2CCN(Cc3nc4ccccc4n3Cc3ccccc3)CC2)c1. The molecule has 3 aromatic carbocycles. The van der Waals surface area contributed by atoms with Gasteiger partial charge in [-0.25, -0.2) is 4.98 Å². The van der Waals surface area contributed by atoms with Crippen LogP contribution < -0.4 is 4.74 Å². The van der Waals surface area contributed by atoms with E-state index in [9.17, 15) is 4.79 Å². The van der Waals surface area contributed by atoms with Gasteiger partial charge in [0, 0.05) is 38.3 Å². The number of rotatable bonds is 6. The fourth-order valence-corrected chi connectivity index (χ4v) is 4.44. The number of nitrogens with zero attached hydrogens (tertiary/aromatic N) is 4. The highest BCUT2D eigenvalue weighted by molar-refractivity contribution is 5.94. The van der Waals surface area contributed by atoms with E-state index in [4.69, 9.17) is 9.72 Å². The number of fused-ring (bicyclic) bond motifs is 1. The van der Waals surface area contributed by atoms with Gasteiger partial charge in [0.25, 0.3) is 5.91 Å². The molecule has 2 heterocycles. The fourth-order valence-electron chi connectivity index (χ4n) is 4.44. The molecular weight excluding hydrogens is 412 g/mol. The maximum Gasteiger partial charge on any atom is 0.254 e. The lowest BCUT2D eigenvalue weighted by Crippen LogP contribution is -2.48. The summed E-state index contributed by atoms with van der Waals surface area (Å²) in [6.45, 7) is 4.62. The highest BCUT2D eigenvalue weighted by Crippen LogP contribution is 2.21. The van der Waals surface area contributed by atoms with Crippen molar-refractivity contribution in [2.75, 3.05) is 33.3 Å². The van der Waals surface area contributed by atoms with Crippen molar-refractivity contribution in [3.05, 3.63) is 95.8 Å². The standard InChI is InChI=1S/C27H28N4O2/c1-33-23-11-7-10-22(18-23)27(32)30-16-14-29(15-17-30)20-26-28-24-12-5-6-13-25(24)31(26)19-21-8-3-2-4-9-21/h2-13,18H,14-17,19-20H2,1H3. The molecule has 4 aromatic rings. The van der Waals surface area contributed by atoms with E-state index < -0.39 is 0 Å². The Morgan fingerprint density at radius 3 is 2.42 bits per heavy atom. The number of piperazine rings is 1. The van der Waals surface area contributed by atoms with Crippen molar-refractivity contribution in [1.29, 1.82) is 0 Å². The molecule has 1 aliphatic rings. The molecule has 0 atom stereocenters. The van der Waals surface area contributed by atoms with Crippen LogP contribution in [0.15, 0.2) is 78.9 Å². The molecule has 6 heteroatoms. The summed E-state index contributed by atoms with van der Waals surface area (Å²) in [6.07, 6.45) is 0. The van der Waals surface area contributed by atoms with Gasteiger partial charge < -0.3 is 14.2 Å². The van der Waals surface area contributed by atoms with E-state index >= 15 is 0 Å². The largest absolute Gasteiger partial charge is 0.497 e. The van der Waals surface area contributed by atoms with Crippen molar-refractivity contribution in [1.82, 2.24) is 19.4 Å². The van der Waals surface area contributed by atoms with Crippen molar-refractivity contribution in [3.8, 4) is 5.75 Å². The number of amides is 1.